The standard InChI is InChI=1S/C18H30N2O2/c1-14(2)22-13-17(21)12-20-10-6-9-18(20)15-7-5-8-16(11-15)19(3)4/h5,7-8,11,14,17-18,21H,6,9-10,12-13H2,1-4H3. The van der Waals surface area contributed by atoms with Crippen LogP contribution in [0.4, 0.5) is 5.69 Å². The van der Waals surface area contributed by atoms with Crippen LogP contribution in [0.25, 0.3) is 0 Å². The fraction of sp³-hybridized carbons (Fsp3) is 0.667. The van der Waals surface area contributed by atoms with Crippen LogP contribution in [0.15, 0.2) is 24.3 Å². The topological polar surface area (TPSA) is 35.9 Å². The van der Waals surface area contributed by atoms with Crippen LogP contribution in [0.3, 0.4) is 0 Å². The Balaban J connectivity index is 1.99. The fourth-order valence-corrected chi connectivity index (χ4v) is 3.06. The van der Waals surface area contributed by atoms with Gasteiger partial charge >= 0.3 is 0 Å². The Hall–Kier alpha value is -1.10. The van der Waals surface area contributed by atoms with Crippen molar-refractivity contribution in [2.75, 3.05) is 38.7 Å². The number of aliphatic hydroxyl groups is 1. The minimum atomic E-state index is -0.417. The molecule has 1 aliphatic rings. The average Bonchev–Trinajstić information content (AvgIpc) is 2.93. The Morgan fingerprint density at radius 1 is 1.36 bits per heavy atom. The number of rotatable bonds is 7. The highest BCUT2D eigenvalue weighted by molar-refractivity contribution is 5.48. The molecule has 1 saturated heterocycles. The van der Waals surface area contributed by atoms with E-state index in [0.717, 1.165) is 13.0 Å². The molecule has 0 aliphatic carbocycles. The SMILES string of the molecule is CC(C)OCC(O)CN1CCCC1c1cccc(N(C)C)c1. The predicted molar refractivity (Wildman–Crippen MR) is 91.4 cm³/mol. The summed E-state index contributed by atoms with van der Waals surface area (Å²) in [5, 5.41) is 10.2. The van der Waals surface area contributed by atoms with Crippen LogP contribution in [0.5, 0.6) is 0 Å². The Kier molecular flexibility index (Phi) is 6.24. The minimum Gasteiger partial charge on any atom is -0.389 e. The summed E-state index contributed by atoms with van der Waals surface area (Å²) in [7, 11) is 4.14. The lowest BCUT2D eigenvalue weighted by Crippen LogP contribution is -2.35. The lowest BCUT2D eigenvalue weighted by molar-refractivity contribution is -0.0101. The van der Waals surface area contributed by atoms with Gasteiger partial charge in [-0.25, -0.2) is 0 Å². The summed E-state index contributed by atoms with van der Waals surface area (Å²) in [4.78, 5) is 4.53. The highest BCUT2D eigenvalue weighted by Crippen LogP contribution is 2.33. The molecule has 4 heteroatoms. The summed E-state index contributed by atoms with van der Waals surface area (Å²) in [6.45, 7) is 6.15. The number of β-amino-alcohol motifs (C(OH)–C–C–N with tert-alkyl or cyclic N) is 1. The second-order valence-electron chi connectivity index (χ2n) is 6.68. The fourth-order valence-electron chi connectivity index (χ4n) is 3.06. The van der Waals surface area contributed by atoms with Crippen LogP contribution in [-0.2, 0) is 4.74 Å². The number of nitrogens with zero attached hydrogens (tertiary/aromatic N) is 2. The number of aliphatic hydroxyl groups excluding tert-OH is 1. The maximum Gasteiger partial charge on any atom is 0.0900 e. The third-order valence-corrected chi connectivity index (χ3v) is 4.20. The van der Waals surface area contributed by atoms with E-state index in [1.165, 1.54) is 17.7 Å². The molecule has 0 radical (unpaired) electrons. The van der Waals surface area contributed by atoms with Gasteiger partial charge in [-0.1, -0.05) is 12.1 Å². The molecule has 0 aromatic heterocycles. The number of hydrogen-bond acceptors (Lipinski definition) is 4. The molecule has 2 rings (SSSR count). The normalized spacial score (nSPS) is 20.5. The van der Waals surface area contributed by atoms with Crippen molar-refractivity contribution >= 4 is 5.69 Å². The quantitative estimate of drug-likeness (QED) is 0.840. The summed E-state index contributed by atoms with van der Waals surface area (Å²) in [6, 6.07) is 9.13. The summed E-state index contributed by atoms with van der Waals surface area (Å²) in [6.07, 6.45) is 2.10. The Bertz CT molecular complexity index is 462. The van der Waals surface area contributed by atoms with E-state index in [-0.39, 0.29) is 6.10 Å². The summed E-state index contributed by atoms with van der Waals surface area (Å²) >= 11 is 0. The van der Waals surface area contributed by atoms with Gasteiger partial charge in [0.1, 0.15) is 0 Å². The highest BCUT2D eigenvalue weighted by atomic mass is 16.5. The molecule has 1 N–H and O–H groups in total. The van der Waals surface area contributed by atoms with E-state index < -0.39 is 6.10 Å². The molecule has 0 amide bonds. The Morgan fingerprint density at radius 2 is 2.14 bits per heavy atom. The molecule has 4 nitrogen and oxygen atoms in total. The van der Waals surface area contributed by atoms with Crippen molar-refractivity contribution in [1.82, 2.24) is 4.90 Å². The van der Waals surface area contributed by atoms with Gasteiger partial charge in [0.2, 0.25) is 0 Å². The highest BCUT2D eigenvalue weighted by Gasteiger charge is 2.27. The van der Waals surface area contributed by atoms with Crippen molar-refractivity contribution in [3.8, 4) is 0 Å². The zero-order valence-corrected chi connectivity index (χ0v) is 14.3. The number of hydrogen-bond donors (Lipinski definition) is 1. The Morgan fingerprint density at radius 3 is 2.82 bits per heavy atom. The van der Waals surface area contributed by atoms with Crippen LogP contribution in [0.2, 0.25) is 0 Å². The van der Waals surface area contributed by atoms with Gasteiger partial charge < -0.3 is 14.7 Å². The summed E-state index contributed by atoms with van der Waals surface area (Å²) < 4.78 is 5.52. The third-order valence-electron chi connectivity index (χ3n) is 4.20. The van der Waals surface area contributed by atoms with Gasteiger partial charge in [-0.3, -0.25) is 4.90 Å². The lowest BCUT2D eigenvalue weighted by atomic mass is 10.0. The first-order valence-electron chi connectivity index (χ1n) is 8.28. The van der Waals surface area contributed by atoms with E-state index >= 15 is 0 Å². The summed E-state index contributed by atoms with van der Waals surface area (Å²) in [5.74, 6) is 0. The second-order valence-corrected chi connectivity index (χ2v) is 6.68. The maximum atomic E-state index is 10.2. The molecule has 2 atom stereocenters. The predicted octanol–water partition coefficient (Wildman–Crippen LogP) is 2.68. The van der Waals surface area contributed by atoms with Crippen LogP contribution < -0.4 is 4.90 Å². The van der Waals surface area contributed by atoms with E-state index in [0.29, 0.717) is 19.2 Å². The number of benzene rings is 1. The van der Waals surface area contributed by atoms with Gasteiger partial charge in [-0.05, 0) is 50.9 Å². The van der Waals surface area contributed by atoms with Crippen LogP contribution in [0, 0.1) is 0 Å². The second kappa shape index (κ2) is 7.95. The first kappa shape index (κ1) is 17.3. The molecular weight excluding hydrogens is 276 g/mol. The van der Waals surface area contributed by atoms with Gasteiger partial charge in [-0.15, -0.1) is 0 Å². The average molecular weight is 306 g/mol. The minimum absolute atomic E-state index is 0.167. The molecular formula is C18H30N2O2. The van der Waals surface area contributed by atoms with E-state index in [1.54, 1.807) is 0 Å². The molecule has 1 fully saturated rings. The van der Waals surface area contributed by atoms with E-state index in [2.05, 4.69) is 48.2 Å². The molecule has 1 heterocycles. The zero-order valence-electron chi connectivity index (χ0n) is 14.3. The molecule has 22 heavy (non-hydrogen) atoms. The number of likely N-dealkylation sites (tertiary alicyclic amines) is 1. The molecule has 1 aromatic rings. The molecule has 2 unspecified atom stereocenters. The van der Waals surface area contributed by atoms with Crippen molar-refractivity contribution in [1.29, 1.82) is 0 Å². The van der Waals surface area contributed by atoms with Gasteiger partial charge in [0.15, 0.2) is 0 Å². The largest absolute Gasteiger partial charge is 0.389 e. The van der Waals surface area contributed by atoms with Gasteiger partial charge in [0.05, 0.1) is 18.8 Å². The van der Waals surface area contributed by atoms with Gasteiger partial charge in [-0.2, -0.15) is 0 Å². The van der Waals surface area contributed by atoms with Crippen LogP contribution in [-0.4, -0.2) is 56.0 Å². The van der Waals surface area contributed by atoms with Crippen LogP contribution >= 0.6 is 0 Å². The van der Waals surface area contributed by atoms with Crippen molar-refractivity contribution in [2.45, 2.75) is 44.9 Å². The monoisotopic (exact) mass is 306 g/mol. The van der Waals surface area contributed by atoms with Crippen molar-refractivity contribution in [3.63, 3.8) is 0 Å². The van der Waals surface area contributed by atoms with Gasteiger partial charge in [0, 0.05) is 32.4 Å². The molecule has 0 saturated carbocycles. The van der Waals surface area contributed by atoms with Gasteiger partial charge in [0.25, 0.3) is 0 Å². The number of anilines is 1. The maximum absolute atomic E-state index is 10.2. The third kappa shape index (κ3) is 4.70. The molecule has 1 aliphatic heterocycles. The first-order chi connectivity index (χ1) is 10.5. The molecule has 124 valence electrons. The first-order valence-corrected chi connectivity index (χ1v) is 8.28. The van der Waals surface area contributed by atoms with E-state index in [9.17, 15) is 5.11 Å². The van der Waals surface area contributed by atoms with Crippen molar-refractivity contribution in [2.24, 2.45) is 0 Å². The molecule has 0 bridgehead atoms. The summed E-state index contributed by atoms with van der Waals surface area (Å²) in [5.41, 5.74) is 2.58. The zero-order chi connectivity index (χ0) is 16.1. The molecule has 0 spiro atoms. The van der Waals surface area contributed by atoms with Crippen LogP contribution in [0.1, 0.15) is 38.3 Å². The van der Waals surface area contributed by atoms with E-state index in [1.807, 2.05) is 13.8 Å². The lowest BCUT2D eigenvalue weighted by Gasteiger charge is -2.28. The molecule has 1 aromatic carbocycles. The van der Waals surface area contributed by atoms with Crippen molar-refractivity contribution in [3.05, 3.63) is 29.8 Å². The number of ether oxygens (including phenoxy) is 1. The van der Waals surface area contributed by atoms with Crippen molar-refractivity contribution < 1.29 is 9.84 Å². The Labute approximate surface area is 134 Å². The van der Waals surface area contributed by atoms with E-state index in [4.69, 9.17) is 4.74 Å². The smallest absolute Gasteiger partial charge is 0.0900 e.